The van der Waals surface area contributed by atoms with Crippen LogP contribution in [0.4, 0.5) is 0 Å². The first kappa shape index (κ1) is 18.7. The van der Waals surface area contributed by atoms with Crippen molar-refractivity contribution in [2.24, 2.45) is 10.4 Å². The molecule has 0 saturated heterocycles. The number of benzene rings is 2. The molecule has 0 aromatic heterocycles. The van der Waals surface area contributed by atoms with Crippen molar-refractivity contribution in [2.45, 2.75) is 39.2 Å². The fraction of sp³-hybridized carbons (Fsp3) is 0.500. The topological polar surface area (TPSA) is 45.6 Å². The predicted octanol–water partition coefficient (Wildman–Crippen LogP) is 4.27. The number of aliphatic imine (C=N–C) groups is 1. The van der Waals surface area contributed by atoms with Gasteiger partial charge in [0.2, 0.25) is 0 Å². The van der Waals surface area contributed by atoms with E-state index in [9.17, 15) is 0 Å². The summed E-state index contributed by atoms with van der Waals surface area (Å²) in [4.78, 5) is 4.41. The third-order valence-electron chi connectivity index (χ3n) is 5.42. The number of hydrogen-bond donors (Lipinski definition) is 2. The van der Waals surface area contributed by atoms with Crippen LogP contribution in [0.5, 0.6) is 0 Å². The number of fused-ring (bicyclic) bond motifs is 1. The van der Waals surface area contributed by atoms with Gasteiger partial charge in [-0.05, 0) is 60.9 Å². The standard InChI is InChI=1S/C22H31N3O/c1-4-26-14-13-22(11-12-22)16-24-21(23-3)25-17(2)19-10-9-18-7-5-6-8-20(18)15-19/h5-10,15,17H,4,11-14,16H2,1-3H3,(H2,23,24,25). The van der Waals surface area contributed by atoms with Crippen LogP contribution in [0.15, 0.2) is 47.5 Å². The van der Waals surface area contributed by atoms with E-state index in [2.05, 4.69) is 71.9 Å². The monoisotopic (exact) mass is 353 g/mol. The molecule has 2 aromatic carbocycles. The maximum absolute atomic E-state index is 5.53. The molecule has 2 aromatic rings. The van der Waals surface area contributed by atoms with Crippen molar-refractivity contribution in [2.75, 3.05) is 26.8 Å². The molecule has 26 heavy (non-hydrogen) atoms. The first-order valence-electron chi connectivity index (χ1n) is 9.69. The summed E-state index contributed by atoms with van der Waals surface area (Å²) >= 11 is 0. The summed E-state index contributed by atoms with van der Waals surface area (Å²) in [6.45, 7) is 6.86. The summed E-state index contributed by atoms with van der Waals surface area (Å²) < 4.78 is 5.53. The Morgan fingerprint density at radius 1 is 1.19 bits per heavy atom. The Morgan fingerprint density at radius 2 is 1.96 bits per heavy atom. The van der Waals surface area contributed by atoms with Crippen LogP contribution < -0.4 is 10.6 Å². The van der Waals surface area contributed by atoms with Crippen molar-refractivity contribution in [1.82, 2.24) is 10.6 Å². The molecule has 1 saturated carbocycles. The van der Waals surface area contributed by atoms with Gasteiger partial charge in [-0.15, -0.1) is 0 Å². The normalized spacial score (nSPS) is 17.1. The predicted molar refractivity (Wildman–Crippen MR) is 110 cm³/mol. The second-order valence-corrected chi connectivity index (χ2v) is 7.35. The average molecular weight is 354 g/mol. The summed E-state index contributed by atoms with van der Waals surface area (Å²) in [5, 5.41) is 9.59. The lowest BCUT2D eigenvalue weighted by atomic mass is 10.0. The van der Waals surface area contributed by atoms with E-state index in [1.165, 1.54) is 29.2 Å². The fourth-order valence-corrected chi connectivity index (χ4v) is 3.36. The molecular weight excluding hydrogens is 322 g/mol. The number of rotatable bonds is 8. The van der Waals surface area contributed by atoms with Crippen LogP contribution >= 0.6 is 0 Å². The van der Waals surface area contributed by atoms with Crippen molar-refractivity contribution in [3.8, 4) is 0 Å². The van der Waals surface area contributed by atoms with Gasteiger partial charge >= 0.3 is 0 Å². The van der Waals surface area contributed by atoms with Gasteiger partial charge in [0.1, 0.15) is 0 Å². The van der Waals surface area contributed by atoms with E-state index in [0.29, 0.717) is 5.41 Å². The molecule has 0 amide bonds. The highest BCUT2D eigenvalue weighted by Gasteiger charge is 2.41. The summed E-state index contributed by atoms with van der Waals surface area (Å²) in [7, 11) is 1.84. The minimum Gasteiger partial charge on any atom is -0.382 e. The molecule has 0 heterocycles. The van der Waals surface area contributed by atoms with Crippen LogP contribution in [0.2, 0.25) is 0 Å². The molecule has 4 heteroatoms. The van der Waals surface area contributed by atoms with Gasteiger partial charge in [-0.25, -0.2) is 0 Å². The molecule has 1 fully saturated rings. The second-order valence-electron chi connectivity index (χ2n) is 7.35. The smallest absolute Gasteiger partial charge is 0.191 e. The van der Waals surface area contributed by atoms with Gasteiger partial charge in [-0.3, -0.25) is 4.99 Å². The molecule has 140 valence electrons. The second kappa shape index (κ2) is 8.54. The molecule has 0 radical (unpaired) electrons. The van der Waals surface area contributed by atoms with Gasteiger partial charge < -0.3 is 15.4 Å². The van der Waals surface area contributed by atoms with Crippen molar-refractivity contribution < 1.29 is 4.74 Å². The molecule has 2 N–H and O–H groups in total. The zero-order valence-corrected chi connectivity index (χ0v) is 16.2. The molecule has 1 unspecified atom stereocenters. The van der Waals surface area contributed by atoms with E-state index in [1.807, 2.05) is 7.05 Å². The Bertz CT molecular complexity index is 752. The lowest BCUT2D eigenvalue weighted by Crippen LogP contribution is -2.41. The average Bonchev–Trinajstić information content (AvgIpc) is 3.45. The summed E-state index contributed by atoms with van der Waals surface area (Å²) in [5.74, 6) is 0.869. The summed E-state index contributed by atoms with van der Waals surface area (Å²) in [6, 6.07) is 15.3. The van der Waals surface area contributed by atoms with Crippen LogP contribution in [-0.4, -0.2) is 32.8 Å². The van der Waals surface area contributed by atoms with Crippen molar-refractivity contribution >= 4 is 16.7 Å². The lowest BCUT2D eigenvalue weighted by Gasteiger charge is -2.22. The van der Waals surface area contributed by atoms with E-state index in [-0.39, 0.29) is 6.04 Å². The number of nitrogens with zero attached hydrogens (tertiary/aromatic N) is 1. The number of ether oxygens (including phenoxy) is 1. The maximum Gasteiger partial charge on any atom is 0.191 e. The highest BCUT2D eigenvalue weighted by molar-refractivity contribution is 5.84. The maximum atomic E-state index is 5.53. The SMILES string of the molecule is CCOCCC1(CNC(=NC)NC(C)c2ccc3ccccc3c2)CC1. The van der Waals surface area contributed by atoms with E-state index in [4.69, 9.17) is 4.74 Å². The van der Waals surface area contributed by atoms with Crippen LogP contribution in [0.25, 0.3) is 10.8 Å². The zero-order chi connectivity index (χ0) is 18.4. The Labute approximate surface area is 157 Å². The summed E-state index contributed by atoms with van der Waals surface area (Å²) in [5.41, 5.74) is 1.67. The molecule has 1 aliphatic carbocycles. The highest BCUT2D eigenvalue weighted by atomic mass is 16.5. The minimum absolute atomic E-state index is 0.199. The Kier molecular flexibility index (Phi) is 6.15. The quantitative estimate of drug-likeness (QED) is 0.423. The van der Waals surface area contributed by atoms with E-state index >= 15 is 0 Å². The number of guanidine groups is 1. The van der Waals surface area contributed by atoms with Crippen LogP contribution in [-0.2, 0) is 4.74 Å². The van der Waals surface area contributed by atoms with E-state index < -0.39 is 0 Å². The minimum atomic E-state index is 0.199. The number of hydrogen-bond acceptors (Lipinski definition) is 2. The third-order valence-corrected chi connectivity index (χ3v) is 5.42. The molecule has 4 nitrogen and oxygen atoms in total. The van der Waals surface area contributed by atoms with Crippen molar-refractivity contribution in [1.29, 1.82) is 0 Å². The molecule has 0 bridgehead atoms. The zero-order valence-electron chi connectivity index (χ0n) is 16.2. The van der Waals surface area contributed by atoms with Gasteiger partial charge in [0, 0.05) is 26.8 Å². The van der Waals surface area contributed by atoms with Crippen LogP contribution in [0.1, 0.15) is 44.7 Å². The Morgan fingerprint density at radius 3 is 2.65 bits per heavy atom. The van der Waals surface area contributed by atoms with Crippen LogP contribution in [0.3, 0.4) is 0 Å². The lowest BCUT2D eigenvalue weighted by molar-refractivity contribution is 0.128. The Balaban J connectivity index is 1.55. The Hall–Kier alpha value is -2.07. The first-order chi connectivity index (χ1) is 12.7. The molecule has 0 spiro atoms. The van der Waals surface area contributed by atoms with Gasteiger partial charge in [0.05, 0.1) is 6.04 Å². The number of nitrogens with one attached hydrogen (secondary N) is 2. The molecule has 3 rings (SSSR count). The van der Waals surface area contributed by atoms with Crippen LogP contribution in [0, 0.1) is 5.41 Å². The molecule has 1 aliphatic rings. The molecular formula is C22H31N3O. The third kappa shape index (κ3) is 4.76. The van der Waals surface area contributed by atoms with Gasteiger partial charge in [0.15, 0.2) is 5.96 Å². The van der Waals surface area contributed by atoms with Gasteiger partial charge in [-0.2, -0.15) is 0 Å². The molecule has 0 aliphatic heterocycles. The summed E-state index contributed by atoms with van der Waals surface area (Å²) in [6.07, 6.45) is 3.69. The van der Waals surface area contributed by atoms with Crippen molar-refractivity contribution in [3.05, 3.63) is 48.0 Å². The first-order valence-corrected chi connectivity index (χ1v) is 9.69. The fourth-order valence-electron chi connectivity index (χ4n) is 3.36. The largest absolute Gasteiger partial charge is 0.382 e. The highest BCUT2D eigenvalue weighted by Crippen LogP contribution is 2.48. The van der Waals surface area contributed by atoms with E-state index in [1.54, 1.807) is 0 Å². The van der Waals surface area contributed by atoms with Gasteiger partial charge in [-0.1, -0.05) is 36.4 Å². The molecule has 1 atom stereocenters. The van der Waals surface area contributed by atoms with Gasteiger partial charge in [0.25, 0.3) is 0 Å². The van der Waals surface area contributed by atoms with Crippen molar-refractivity contribution in [3.63, 3.8) is 0 Å². The van der Waals surface area contributed by atoms with E-state index in [0.717, 1.165) is 32.1 Å².